The summed E-state index contributed by atoms with van der Waals surface area (Å²) in [6.07, 6.45) is 3.22. The standard InChI is InChI=1S/C17H23BrN4/c1-2-22-7-6-13(12-22)9-19-11-17-20-10-16(21-17)14-4-3-5-15(18)8-14/h3-5,8,10,13,19H,2,6-7,9,11-12H2,1H3,(H,20,21). The van der Waals surface area contributed by atoms with E-state index in [1.807, 2.05) is 18.3 Å². The highest BCUT2D eigenvalue weighted by molar-refractivity contribution is 9.10. The van der Waals surface area contributed by atoms with Crippen LogP contribution in [0.1, 0.15) is 19.2 Å². The van der Waals surface area contributed by atoms with Gasteiger partial charge in [0.15, 0.2) is 0 Å². The second-order valence-electron chi connectivity index (χ2n) is 5.93. The minimum atomic E-state index is 0.777. The zero-order valence-corrected chi connectivity index (χ0v) is 14.6. The van der Waals surface area contributed by atoms with Gasteiger partial charge in [0.1, 0.15) is 5.82 Å². The molecule has 1 aromatic heterocycles. The van der Waals surface area contributed by atoms with Crippen LogP contribution in [-0.2, 0) is 6.54 Å². The number of nitrogens with one attached hydrogen (secondary N) is 2. The molecule has 1 fully saturated rings. The summed E-state index contributed by atoms with van der Waals surface area (Å²) in [7, 11) is 0. The Morgan fingerprint density at radius 3 is 3.14 bits per heavy atom. The van der Waals surface area contributed by atoms with Gasteiger partial charge in [0, 0.05) is 16.6 Å². The number of benzene rings is 1. The maximum absolute atomic E-state index is 4.47. The predicted molar refractivity (Wildman–Crippen MR) is 93.7 cm³/mol. The molecule has 1 atom stereocenters. The number of aromatic nitrogens is 2. The topological polar surface area (TPSA) is 44.0 Å². The lowest BCUT2D eigenvalue weighted by Gasteiger charge is -2.13. The predicted octanol–water partition coefficient (Wildman–Crippen LogP) is 3.27. The van der Waals surface area contributed by atoms with Crippen LogP contribution in [0.4, 0.5) is 0 Å². The van der Waals surface area contributed by atoms with Crippen LogP contribution >= 0.6 is 15.9 Å². The van der Waals surface area contributed by atoms with Crippen LogP contribution in [0, 0.1) is 5.92 Å². The zero-order valence-electron chi connectivity index (χ0n) is 13.0. The van der Waals surface area contributed by atoms with Gasteiger partial charge in [0.05, 0.1) is 18.4 Å². The minimum Gasteiger partial charge on any atom is -0.341 e. The van der Waals surface area contributed by atoms with Gasteiger partial charge in [-0.15, -0.1) is 0 Å². The summed E-state index contributed by atoms with van der Waals surface area (Å²) in [5.41, 5.74) is 2.22. The highest BCUT2D eigenvalue weighted by atomic mass is 79.9. The first-order valence-corrected chi connectivity index (χ1v) is 8.77. The van der Waals surface area contributed by atoms with Crippen molar-refractivity contribution in [1.82, 2.24) is 20.2 Å². The molecule has 0 aliphatic carbocycles. The lowest BCUT2D eigenvalue weighted by molar-refractivity contribution is 0.338. The normalized spacial score (nSPS) is 18.9. The molecule has 0 bridgehead atoms. The first kappa shape index (κ1) is 15.7. The van der Waals surface area contributed by atoms with Gasteiger partial charge in [0.25, 0.3) is 0 Å². The minimum absolute atomic E-state index is 0.777. The number of halogens is 1. The highest BCUT2D eigenvalue weighted by Gasteiger charge is 2.20. The van der Waals surface area contributed by atoms with Crippen LogP contribution in [-0.4, -0.2) is 41.0 Å². The van der Waals surface area contributed by atoms with E-state index >= 15 is 0 Å². The fourth-order valence-electron chi connectivity index (χ4n) is 3.02. The molecule has 1 aromatic carbocycles. The summed E-state index contributed by atoms with van der Waals surface area (Å²) in [5, 5.41) is 3.53. The van der Waals surface area contributed by atoms with Crippen molar-refractivity contribution in [2.75, 3.05) is 26.2 Å². The first-order chi connectivity index (χ1) is 10.7. The Morgan fingerprint density at radius 1 is 1.45 bits per heavy atom. The van der Waals surface area contributed by atoms with Gasteiger partial charge in [-0.1, -0.05) is 35.0 Å². The van der Waals surface area contributed by atoms with Gasteiger partial charge in [-0.3, -0.25) is 0 Å². The van der Waals surface area contributed by atoms with Crippen molar-refractivity contribution in [3.8, 4) is 11.3 Å². The molecular weight excluding hydrogens is 340 g/mol. The maximum Gasteiger partial charge on any atom is 0.120 e. The number of hydrogen-bond acceptors (Lipinski definition) is 3. The van der Waals surface area contributed by atoms with E-state index in [0.29, 0.717) is 0 Å². The summed E-state index contributed by atoms with van der Waals surface area (Å²) >= 11 is 3.51. The van der Waals surface area contributed by atoms with Gasteiger partial charge >= 0.3 is 0 Å². The molecule has 1 unspecified atom stereocenters. The molecule has 1 aliphatic rings. The van der Waals surface area contributed by atoms with E-state index in [-0.39, 0.29) is 0 Å². The van der Waals surface area contributed by atoms with E-state index in [1.165, 1.54) is 26.1 Å². The lowest BCUT2D eigenvalue weighted by Crippen LogP contribution is -2.26. The lowest BCUT2D eigenvalue weighted by atomic mass is 10.1. The Balaban J connectivity index is 1.50. The molecule has 3 rings (SSSR count). The summed E-state index contributed by atoms with van der Waals surface area (Å²) in [4.78, 5) is 10.4. The molecule has 0 spiro atoms. The second-order valence-corrected chi connectivity index (χ2v) is 6.85. The molecular formula is C17H23BrN4. The maximum atomic E-state index is 4.47. The van der Waals surface area contributed by atoms with Crippen LogP contribution in [0.2, 0.25) is 0 Å². The molecule has 0 amide bonds. The Labute approximate surface area is 140 Å². The molecule has 118 valence electrons. The summed E-state index contributed by atoms with van der Waals surface area (Å²) < 4.78 is 1.08. The highest BCUT2D eigenvalue weighted by Crippen LogP contribution is 2.21. The van der Waals surface area contributed by atoms with Crippen LogP contribution in [0.5, 0.6) is 0 Å². The number of hydrogen-bond donors (Lipinski definition) is 2. The van der Waals surface area contributed by atoms with Gasteiger partial charge in [0.2, 0.25) is 0 Å². The second kappa shape index (κ2) is 7.40. The first-order valence-electron chi connectivity index (χ1n) is 7.97. The van der Waals surface area contributed by atoms with Crippen molar-refractivity contribution < 1.29 is 0 Å². The molecule has 1 aliphatic heterocycles. The van der Waals surface area contributed by atoms with Crippen LogP contribution in [0.25, 0.3) is 11.3 Å². The number of likely N-dealkylation sites (tertiary alicyclic amines) is 1. The van der Waals surface area contributed by atoms with Crippen molar-refractivity contribution >= 4 is 15.9 Å². The third-order valence-corrected chi connectivity index (χ3v) is 4.80. The van der Waals surface area contributed by atoms with Gasteiger partial charge < -0.3 is 15.2 Å². The van der Waals surface area contributed by atoms with Crippen LogP contribution < -0.4 is 5.32 Å². The van der Waals surface area contributed by atoms with Crippen LogP contribution in [0.15, 0.2) is 34.9 Å². The van der Waals surface area contributed by atoms with Crippen molar-refractivity contribution in [2.24, 2.45) is 5.92 Å². The van der Waals surface area contributed by atoms with E-state index < -0.39 is 0 Å². The Bertz CT molecular complexity index is 610. The smallest absolute Gasteiger partial charge is 0.120 e. The number of imidazole rings is 1. The van der Waals surface area contributed by atoms with E-state index in [0.717, 1.165) is 40.6 Å². The number of aromatic amines is 1. The van der Waals surface area contributed by atoms with Crippen molar-refractivity contribution in [3.05, 3.63) is 40.8 Å². The van der Waals surface area contributed by atoms with Gasteiger partial charge in [-0.05, 0) is 44.1 Å². The third kappa shape index (κ3) is 3.97. The molecule has 2 N–H and O–H groups in total. The number of rotatable bonds is 6. The number of H-pyrrole nitrogens is 1. The van der Waals surface area contributed by atoms with E-state index in [1.54, 1.807) is 0 Å². The fourth-order valence-corrected chi connectivity index (χ4v) is 3.42. The zero-order chi connectivity index (χ0) is 15.4. The Kier molecular flexibility index (Phi) is 5.28. The van der Waals surface area contributed by atoms with E-state index in [4.69, 9.17) is 0 Å². The molecule has 4 nitrogen and oxygen atoms in total. The fraction of sp³-hybridized carbons (Fsp3) is 0.471. The molecule has 2 aromatic rings. The molecule has 5 heteroatoms. The molecule has 22 heavy (non-hydrogen) atoms. The largest absolute Gasteiger partial charge is 0.341 e. The van der Waals surface area contributed by atoms with Crippen molar-refractivity contribution in [3.63, 3.8) is 0 Å². The average molecular weight is 363 g/mol. The summed E-state index contributed by atoms with van der Waals surface area (Å²) in [6, 6.07) is 8.26. The van der Waals surface area contributed by atoms with E-state index in [2.05, 4.69) is 55.2 Å². The molecule has 1 saturated heterocycles. The van der Waals surface area contributed by atoms with Crippen molar-refractivity contribution in [1.29, 1.82) is 0 Å². The molecule has 2 heterocycles. The summed E-state index contributed by atoms with van der Waals surface area (Å²) in [6.45, 7) is 7.76. The number of nitrogens with zero attached hydrogens (tertiary/aromatic N) is 2. The Morgan fingerprint density at radius 2 is 2.36 bits per heavy atom. The SMILES string of the molecule is CCN1CCC(CNCc2ncc(-c3cccc(Br)c3)[nH]2)C1. The monoisotopic (exact) mass is 362 g/mol. The molecule has 0 saturated carbocycles. The Hall–Kier alpha value is -1.17. The quantitative estimate of drug-likeness (QED) is 0.828. The summed E-state index contributed by atoms with van der Waals surface area (Å²) in [5.74, 6) is 1.78. The third-order valence-electron chi connectivity index (χ3n) is 4.31. The van der Waals surface area contributed by atoms with Crippen LogP contribution in [0.3, 0.4) is 0 Å². The average Bonchev–Trinajstić information content (AvgIpc) is 3.16. The van der Waals surface area contributed by atoms with E-state index in [9.17, 15) is 0 Å². The molecule has 0 radical (unpaired) electrons. The van der Waals surface area contributed by atoms with Gasteiger partial charge in [-0.25, -0.2) is 4.98 Å². The van der Waals surface area contributed by atoms with Gasteiger partial charge in [-0.2, -0.15) is 0 Å². The van der Waals surface area contributed by atoms with Crippen molar-refractivity contribution in [2.45, 2.75) is 19.9 Å².